The molecule has 0 unspecified atom stereocenters. The summed E-state index contributed by atoms with van der Waals surface area (Å²) in [5, 5.41) is 8.02. The first kappa shape index (κ1) is 21.1. The number of anilines is 1. The van der Waals surface area contributed by atoms with Crippen molar-refractivity contribution in [1.82, 2.24) is 15.1 Å². The number of aromatic nitrogens is 2. The molecule has 0 radical (unpaired) electrons. The third kappa shape index (κ3) is 5.52. The van der Waals surface area contributed by atoms with Crippen LogP contribution in [0.15, 0.2) is 71.7 Å². The van der Waals surface area contributed by atoms with Gasteiger partial charge in [-0.2, -0.15) is 5.10 Å². The minimum absolute atomic E-state index is 0.0232. The van der Waals surface area contributed by atoms with Crippen molar-refractivity contribution in [2.45, 2.75) is 25.9 Å². The molecule has 3 aromatic rings. The number of benzene rings is 2. The van der Waals surface area contributed by atoms with E-state index >= 15 is 0 Å². The summed E-state index contributed by atoms with van der Waals surface area (Å²) in [6.07, 6.45) is 3.44. The molecule has 1 amide bonds. The van der Waals surface area contributed by atoms with Gasteiger partial charge in [-0.05, 0) is 36.1 Å². The number of rotatable bonds is 6. The lowest BCUT2D eigenvalue weighted by Crippen LogP contribution is -2.43. The summed E-state index contributed by atoms with van der Waals surface area (Å²) in [6, 6.07) is 18.9. The Hall–Kier alpha value is -3.12. The molecule has 2 aromatic carbocycles. The van der Waals surface area contributed by atoms with Gasteiger partial charge in [0.25, 0.3) is 5.56 Å². The van der Waals surface area contributed by atoms with Crippen LogP contribution in [0.2, 0.25) is 5.02 Å². The van der Waals surface area contributed by atoms with E-state index in [1.165, 1.54) is 4.68 Å². The Labute approximate surface area is 186 Å². The van der Waals surface area contributed by atoms with Gasteiger partial charge >= 0.3 is 0 Å². The fourth-order valence-electron chi connectivity index (χ4n) is 3.88. The Kier molecular flexibility index (Phi) is 6.67. The van der Waals surface area contributed by atoms with E-state index in [-0.39, 0.29) is 17.4 Å². The van der Waals surface area contributed by atoms with Crippen molar-refractivity contribution in [3.05, 3.63) is 93.4 Å². The normalized spacial score (nSPS) is 16.2. The zero-order chi connectivity index (χ0) is 21.6. The van der Waals surface area contributed by atoms with Gasteiger partial charge < -0.3 is 10.2 Å². The Morgan fingerprint density at radius 1 is 1.10 bits per heavy atom. The molecule has 1 aromatic heterocycles. The van der Waals surface area contributed by atoms with Crippen molar-refractivity contribution in [1.29, 1.82) is 0 Å². The van der Waals surface area contributed by atoms with Gasteiger partial charge in [0.2, 0.25) is 5.91 Å². The summed E-state index contributed by atoms with van der Waals surface area (Å²) >= 11 is 6.01. The second-order valence-corrected chi connectivity index (χ2v) is 8.26. The third-order valence-corrected chi connectivity index (χ3v) is 5.78. The molecule has 0 saturated carbocycles. The van der Waals surface area contributed by atoms with Crippen LogP contribution < -0.4 is 15.8 Å². The lowest BCUT2D eigenvalue weighted by atomic mass is 9.96. The van der Waals surface area contributed by atoms with Crippen molar-refractivity contribution in [2.75, 3.05) is 18.0 Å². The van der Waals surface area contributed by atoms with Gasteiger partial charge in [0.1, 0.15) is 0 Å². The van der Waals surface area contributed by atoms with Crippen LogP contribution in [0.4, 0.5) is 5.69 Å². The quantitative estimate of drug-likeness (QED) is 0.642. The van der Waals surface area contributed by atoms with Crippen molar-refractivity contribution >= 4 is 23.2 Å². The van der Waals surface area contributed by atoms with E-state index in [2.05, 4.69) is 15.3 Å². The average Bonchev–Trinajstić information content (AvgIpc) is 2.80. The Balaban J connectivity index is 1.38. The van der Waals surface area contributed by atoms with Gasteiger partial charge in [0, 0.05) is 30.7 Å². The predicted octanol–water partition coefficient (Wildman–Crippen LogP) is 3.48. The van der Waals surface area contributed by atoms with Crippen molar-refractivity contribution < 1.29 is 4.79 Å². The number of piperidine rings is 1. The monoisotopic (exact) mass is 436 g/mol. The number of halogens is 1. The number of hydrogen-bond donors (Lipinski definition) is 1. The molecule has 1 aliphatic rings. The molecule has 0 aliphatic carbocycles. The maximum Gasteiger partial charge on any atom is 0.269 e. The highest BCUT2D eigenvalue weighted by atomic mass is 35.5. The Morgan fingerprint density at radius 2 is 1.90 bits per heavy atom. The molecule has 1 saturated heterocycles. The van der Waals surface area contributed by atoms with E-state index in [9.17, 15) is 9.59 Å². The van der Waals surface area contributed by atoms with Gasteiger partial charge in [-0.3, -0.25) is 9.59 Å². The van der Waals surface area contributed by atoms with Crippen LogP contribution in [0.1, 0.15) is 24.0 Å². The van der Waals surface area contributed by atoms with Crippen LogP contribution in [0.25, 0.3) is 0 Å². The molecular weight excluding hydrogens is 412 g/mol. The van der Waals surface area contributed by atoms with E-state index in [1.54, 1.807) is 12.3 Å². The molecule has 6 nitrogen and oxygen atoms in total. The third-order valence-electron chi connectivity index (χ3n) is 5.54. The van der Waals surface area contributed by atoms with Crippen LogP contribution in [-0.2, 0) is 17.9 Å². The molecule has 7 heteroatoms. The zero-order valence-electron chi connectivity index (χ0n) is 17.2. The number of nitrogens with one attached hydrogen (secondary N) is 1. The summed E-state index contributed by atoms with van der Waals surface area (Å²) < 4.78 is 1.46. The van der Waals surface area contributed by atoms with Crippen LogP contribution in [0.5, 0.6) is 0 Å². The first-order chi connectivity index (χ1) is 15.1. The maximum absolute atomic E-state index is 12.7. The molecule has 31 heavy (non-hydrogen) atoms. The molecule has 1 fully saturated rings. The molecule has 0 spiro atoms. The first-order valence-corrected chi connectivity index (χ1v) is 10.8. The minimum Gasteiger partial charge on any atom is -0.369 e. The lowest BCUT2D eigenvalue weighted by Gasteiger charge is -2.33. The number of nitrogens with zero attached hydrogens (tertiary/aromatic N) is 3. The molecular formula is C24H25ClN4O2. The predicted molar refractivity (Wildman–Crippen MR) is 122 cm³/mol. The highest BCUT2D eigenvalue weighted by Crippen LogP contribution is 2.22. The Bertz CT molecular complexity index is 1100. The van der Waals surface area contributed by atoms with E-state index in [0.29, 0.717) is 24.7 Å². The van der Waals surface area contributed by atoms with Crippen LogP contribution in [0.3, 0.4) is 0 Å². The molecule has 160 valence electrons. The van der Waals surface area contributed by atoms with E-state index in [4.69, 9.17) is 11.6 Å². The number of carbonyl (C=O) groups is 1. The average molecular weight is 437 g/mol. The minimum atomic E-state index is -0.145. The maximum atomic E-state index is 12.7. The number of amides is 1. The lowest BCUT2D eigenvalue weighted by molar-refractivity contribution is -0.125. The molecule has 1 aliphatic heterocycles. The van der Waals surface area contributed by atoms with Gasteiger partial charge in [-0.15, -0.1) is 0 Å². The summed E-state index contributed by atoms with van der Waals surface area (Å²) in [5.41, 5.74) is 2.62. The van der Waals surface area contributed by atoms with Crippen molar-refractivity contribution in [3.8, 4) is 0 Å². The fourth-order valence-corrected chi connectivity index (χ4v) is 4.09. The van der Waals surface area contributed by atoms with Crippen molar-refractivity contribution in [3.63, 3.8) is 0 Å². The zero-order valence-corrected chi connectivity index (χ0v) is 18.0. The summed E-state index contributed by atoms with van der Waals surface area (Å²) in [4.78, 5) is 27.4. The van der Waals surface area contributed by atoms with Gasteiger partial charge in [0.15, 0.2) is 0 Å². The standard InChI is InChI=1S/C24H25ClN4O2/c25-21-10-4-8-19(12-21)14-26-24(31)20-9-5-11-28(17-20)22-13-23(30)29(27-15-22)16-18-6-2-1-3-7-18/h1-4,6-8,10,12-13,15,20H,5,9,11,14,16-17H2,(H,26,31)/t20-/m1/s1. The van der Waals surface area contributed by atoms with E-state index in [1.807, 2.05) is 54.6 Å². The highest BCUT2D eigenvalue weighted by Gasteiger charge is 2.26. The summed E-state index contributed by atoms with van der Waals surface area (Å²) in [7, 11) is 0. The van der Waals surface area contributed by atoms with Crippen LogP contribution >= 0.6 is 11.6 Å². The molecule has 1 N–H and O–H groups in total. The SMILES string of the molecule is O=C(NCc1cccc(Cl)c1)[C@@H]1CCCN(c2cnn(Cc3ccccc3)c(=O)c2)C1. The highest BCUT2D eigenvalue weighted by molar-refractivity contribution is 6.30. The first-order valence-electron chi connectivity index (χ1n) is 10.5. The van der Waals surface area contributed by atoms with Gasteiger partial charge in [-0.1, -0.05) is 54.1 Å². The Morgan fingerprint density at radius 3 is 2.68 bits per heavy atom. The summed E-state index contributed by atoms with van der Waals surface area (Å²) in [5.74, 6) is -0.102. The largest absolute Gasteiger partial charge is 0.369 e. The molecule has 0 bridgehead atoms. The second-order valence-electron chi connectivity index (χ2n) is 7.83. The molecule has 4 rings (SSSR count). The smallest absolute Gasteiger partial charge is 0.269 e. The van der Waals surface area contributed by atoms with Crippen LogP contribution in [-0.4, -0.2) is 28.8 Å². The summed E-state index contributed by atoms with van der Waals surface area (Å²) in [6.45, 7) is 2.27. The molecule has 1 atom stereocenters. The topological polar surface area (TPSA) is 67.2 Å². The van der Waals surface area contributed by atoms with E-state index in [0.717, 1.165) is 36.2 Å². The van der Waals surface area contributed by atoms with Gasteiger partial charge in [-0.25, -0.2) is 4.68 Å². The fraction of sp³-hybridized carbons (Fsp3) is 0.292. The van der Waals surface area contributed by atoms with E-state index < -0.39 is 0 Å². The number of hydrogen-bond acceptors (Lipinski definition) is 4. The van der Waals surface area contributed by atoms with Crippen LogP contribution in [0, 0.1) is 5.92 Å². The van der Waals surface area contributed by atoms with Crippen molar-refractivity contribution in [2.24, 2.45) is 5.92 Å². The van der Waals surface area contributed by atoms with Gasteiger partial charge in [0.05, 0.1) is 24.3 Å². The second kappa shape index (κ2) is 9.79. The molecule has 2 heterocycles. The number of carbonyl (C=O) groups excluding carboxylic acids is 1.